The topological polar surface area (TPSA) is 49.8 Å². The SMILES string of the molecule is Cc1ccc(C)c(Nc2cc(NCc3ccc(F)cc3)nc(C)n2)c1. The zero-order chi connectivity index (χ0) is 17.8. The van der Waals surface area contributed by atoms with Gasteiger partial charge in [0.2, 0.25) is 0 Å². The summed E-state index contributed by atoms with van der Waals surface area (Å²) >= 11 is 0. The molecular formula is C20H21FN4. The van der Waals surface area contributed by atoms with Gasteiger partial charge in [-0.15, -0.1) is 0 Å². The summed E-state index contributed by atoms with van der Waals surface area (Å²) < 4.78 is 13.0. The average molecular weight is 336 g/mol. The molecule has 0 aliphatic carbocycles. The minimum atomic E-state index is -0.235. The normalized spacial score (nSPS) is 10.6. The number of hydrogen-bond acceptors (Lipinski definition) is 4. The van der Waals surface area contributed by atoms with Crippen molar-refractivity contribution >= 4 is 17.3 Å². The van der Waals surface area contributed by atoms with E-state index in [-0.39, 0.29) is 5.82 Å². The van der Waals surface area contributed by atoms with E-state index in [1.165, 1.54) is 17.7 Å². The second kappa shape index (κ2) is 7.30. The molecule has 25 heavy (non-hydrogen) atoms. The summed E-state index contributed by atoms with van der Waals surface area (Å²) in [6.45, 7) is 6.55. The first-order valence-electron chi connectivity index (χ1n) is 8.18. The van der Waals surface area contributed by atoms with Gasteiger partial charge < -0.3 is 10.6 Å². The van der Waals surface area contributed by atoms with Crippen LogP contribution in [0.1, 0.15) is 22.5 Å². The van der Waals surface area contributed by atoms with Gasteiger partial charge in [-0.1, -0.05) is 24.3 Å². The van der Waals surface area contributed by atoms with Crippen molar-refractivity contribution in [2.45, 2.75) is 27.3 Å². The van der Waals surface area contributed by atoms with E-state index in [0.717, 1.165) is 28.5 Å². The predicted octanol–water partition coefficient (Wildman–Crippen LogP) is 4.90. The molecule has 0 spiro atoms. The summed E-state index contributed by atoms with van der Waals surface area (Å²) in [4.78, 5) is 8.87. The van der Waals surface area contributed by atoms with E-state index in [1.807, 2.05) is 13.0 Å². The van der Waals surface area contributed by atoms with Crippen LogP contribution in [0.3, 0.4) is 0 Å². The van der Waals surface area contributed by atoms with Crippen LogP contribution in [0.25, 0.3) is 0 Å². The van der Waals surface area contributed by atoms with Crippen molar-refractivity contribution in [3.63, 3.8) is 0 Å². The molecule has 0 saturated carbocycles. The number of nitrogens with zero attached hydrogens (tertiary/aromatic N) is 2. The van der Waals surface area contributed by atoms with E-state index < -0.39 is 0 Å². The van der Waals surface area contributed by atoms with Gasteiger partial charge in [-0.05, 0) is 55.7 Å². The summed E-state index contributed by atoms with van der Waals surface area (Å²) in [5, 5.41) is 6.62. The molecule has 128 valence electrons. The van der Waals surface area contributed by atoms with Crippen molar-refractivity contribution in [3.05, 3.63) is 76.9 Å². The third kappa shape index (κ3) is 4.53. The summed E-state index contributed by atoms with van der Waals surface area (Å²) in [5.74, 6) is 1.91. The van der Waals surface area contributed by atoms with Gasteiger partial charge in [0.05, 0.1) is 0 Å². The largest absolute Gasteiger partial charge is 0.366 e. The van der Waals surface area contributed by atoms with Crippen molar-refractivity contribution in [1.82, 2.24) is 9.97 Å². The number of benzene rings is 2. The number of hydrogen-bond donors (Lipinski definition) is 2. The lowest BCUT2D eigenvalue weighted by atomic mass is 10.1. The Labute approximate surface area is 147 Å². The Kier molecular flexibility index (Phi) is 4.93. The summed E-state index contributed by atoms with van der Waals surface area (Å²) in [7, 11) is 0. The molecule has 0 saturated heterocycles. The quantitative estimate of drug-likeness (QED) is 0.696. The molecule has 4 nitrogen and oxygen atoms in total. The van der Waals surface area contributed by atoms with Crippen LogP contribution in [0, 0.1) is 26.6 Å². The molecular weight excluding hydrogens is 315 g/mol. The molecule has 2 N–H and O–H groups in total. The first kappa shape index (κ1) is 16.9. The molecule has 0 atom stereocenters. The maximum atomic E-state index is 13.0. The van der Waals surface area contributed by atoms with Crippen LogP contribution < -0.4 is 10.6 Å². The molecule has 0 unspecified atom stereocenters. The zero-order valence-corrected chi connectivity index (χ0v) is 14.6. The van der Waals surface area contributed by atoms with E-state index in [4.69, 9.17) is 0 Å². The lowest BCUT2D eigenvalue weighted by molar-refractivity contribution is 0.627. The van der Waals surface area contributed by atoms with Gasteiger partial charge in [0, 0.05) is 18.3 Å². The van der Waals surface area contributed by atoms with Crippen molar-refractivity contribution < 1.29 is 4.39 Å². The third-order valence-electron chi connectivity index (χ3n) is 3.88. The first-order chi connectivity index (χ1) is 12.0. The highest BCUT2D eigenvalue weighted by Crippen LogP contribution is 2.22. The number of anilines is 3. The number of aromatic nitrogens is 2. The van der Waals surface area contributed by atoms with E-state index in [2.05, 4.69) is 52.6 Å². The molecule has 0 fully saturated rings. The van der Waals surface area contributed by atoms with Crippen LogP contribution in [0.5, 0.6) is 0 Å². The van der Waals surface area contributed by atoms with E-state index >= 15 is 0 Å². The molecule has 2 aromatic carbocycles. The van der Waals surface area contributed by atoms with Crippen molar-refractivity contribution in [1.29, 1.82) is 0 Å². The van der Waals surface area contributed by atoms with Crippen LogP contribution in [-0.2, 0) is 6.54 Å². The van der Waals surface area contributed by atoms with Crippen LogP contribution in [0.4, 0.5) is 21.7 Å². The molecule has 1 heterocycles. The van der Waals surface area contributed by atoms with Gasteiger partial charge in [-0.2, -0.15) is 0 Å². The Morgan fingerprint density at radius 1 is 0.880 bits per heavy atom. The highest BCUT2D eigenvalue weighted by molar-refractivity contribution is 5.63. The molecule has 5 heteroatoms. The Morgan fingerprint density at radius 3 is 2.36 bits per heavy atom. The van der Waals surface area contributed by atoms with Crippen LogP contribution in [0.15, 0.2) is 48.5 Å². The fraction of sp³-hybridized carbons (Fsp3) is 0.200. The second-order valence-corrected chi connectivity index (χ2v) is 6.11. The van der Waals surface area contributed by atoms with Gasteiger partial charge in [0.15, 0.2) is 0 Å². The van der Waals surface area contributed by atoms with Crippen LogP contribution >= 0.6 is 0 Å². The molecule has 0 radical (unpaired) electrons. The highest BCUT2D eigenvalue weighted by atomic mass is 19.1. The Morgan fingerprint density at radius 2 is 1.60 bits per heavy atom. The lowest BCUT2D eigenvalue weighted by Crippen LogP contribution is -2.05. The Balaban J connectivity index is 1.75. The average Bonchev–Trinajstić information content (AvgIpc) is 2.57. The minimum absolute atomic E-state index is 0.235. The van der Waals surface area contributed by atoms with Crippen molar-refractivity contribution in [3.8, 4) is 0 Å². The van der Waals surface area contributed by atoms with Gasteiger partial charge in [0.25, 0.3) is 0 Å². The smallest absolute Gasteiger partial charge is 0.136 e. The van der Waals surface area contributed by atoms with Gasteiger partial charge in [-0.25, -0.2) is 14.4 Å². The standard InChI is InChI=1S/C20H21FN4/c1-13-4-5-14(2)18(10-13)25-20-11-19(23-15(3)24-20)22-12-16-6-8-17(21)9-7-16/h4-11H,12H2,1-3H3,(H2,22,23,24,25). The lowest BCUT2D eigenvalue weighted by Gasteiger charge is -2.12. The fourth-order valence-electron chi connectivity index (χ4n) is 2.53. The predicted molar refractivity (Wildman–Crippen MR) is 99.7 cm³/mol. The van der Waals surface area contributed by atoms with Gasteiger partial charge >= 0.3 is 0 Å². The van der Waals surface area contributed by atoms with Gasteiger partial charge in [-0.3, -0.25) is 0 Å². The summed E-state index contributed by atoms with van der Waals surface area (Å²) in [6, 6.07) is 14.6. The molecule has 0 bridgehead atoms. The summed E-state index contributed by atoms with van der Waals surface area (Å²) in [5.41, 5.74) is 4.36. The maximum Gasteiger partial charge on any atom is 0.136 e. The molecule has 0 aliphatic heterocycles. The molecule has 1 aromatic heterocycles. The molecule has 0 amide bonds. The molecule has 3 rings (SSSR count). The number of nitrogens with one attached hydrogen (secondary N) is 2. The zero-order valence-electron chi connectivity index (χ0n) is 14.6. The van der Waals surface area contributed by atoms with E-state index in [1.54, 1.807) is 12.1 Å². The Hall–Kier alpha value is -2.95. The maximum absolute atomic E-state index is 13.0. The van der Waals surface area contributed by atoms with E-state index in [9.17, 15) is 4.39 Å². The second-order valence-electron chi connectivity index (χ2n) is 6.11. The van der Waals surface area contributed by atoms with E-state index in [0.29, 0.717) is 12.4 Å². The first-order valence-corrected chi connectivity index (χ1v) is 8.18. The highest BCUT2D eigenvalue weighted by Gasteiger charge is 2.05. The van der Waals surface area contributed by atoms with Crippen molar-refractivity contribution in [2.24, 2.45) is 0 Å². The van der Waals surface area contributed by atoms with Crippen molar-refractivity contribution in [2.75, 3.05) is 10.6 Å². The molecule has 0 aliphatic rings. The number of halogens is 1. The number of rotatable bonds is 5. The fourth-order valence-corrected chi connectivity index (χ4v) is 2.53. The van der Waals surface area contributed by atoms with Crippen LogP contribution in [0.2, 0.25) is 0 Å². The monoisotopic (exact) mass is 336 g/mol. The number of aryl methyl sites for hydroxylation is 3. The van der Waals surface area contributed by atoms with Gasteiger partial charge in [0.1, 0.15) is 23.3 Å². The summed E-state index contributed by atoms with van der Waals surface area (Å²) in [6.07, 6.45) is 0. The molecule has 3 aromatic rings. The minimum Gasteiger partial charge on any atom is -0.366 e. The third-order valence-corrected chi connectivity index (χ3v) is 3.88. The Bertz CT molecular complexity index is 875. The van der Waals surface area contributed by atoms with Crippen LogP contribution in [-0.4, -0.2) is 9.97 Å².